The van der Waals surface area contributed by atoms with Crippen LogP contribution in [-0.4, -0.2) is 4.57 Å². The molecule has 2 aliphatic rings. The summed E-state index contributed by atoms with van der Waals surface area (Å²) in [4.78, 5) is 0. The number of nitrogens with zero attached hydrogens (tertiary/aromatic N) is 1. The van der Waals surface area contributed by atoms with E-state index in [2.05, 4.69) is 146 Å². The van der Waals surface area contributed by atoms with Crippen LogP contribution < -0.4 is 0 Å². The molecule has 0 amide bonds. The van der Waals surface area contributed by atoms with Crippen LogP contribution in [0.5, 0.6) is 0 Å². The first kappa shape index (κ1) is 24.9. The molecular weight excluding hydrogens is 470 g/mol. The van der Waals surface area contributed by atoms with Gasteiger partial charge >= 0.3 is 0 Å². The summed E-state index contributed by atoms with van der Waals surface area (Å²) in [6.45, 7) is 8.46. The first-order valence-corrected chi connectivity index (χ1v) is 14.1. The SMILES string of the molecule is C=C/C(=C\C=CC)n1c2ccccc2c2cc3c(cc21)C1=CC3(c2ccccc2)C(/C=C\CCC)/C=C\C=C/1. The highest BCUT2D eigenvalue weighted by molar-refractivity contribution is 6.12. The van der Waals surface area contributed by atoms with Crippen molar-refractivity contribution in [3.05, 3.63) is 157 Å². The van der Waals surface area contributed by atoms with E-state index in [0.717, 1.165) is 18.5 Å². The molecule has 2 bridgehead atoms. The number of rotatable bonds is 7. The minimum Gasteiger partial charge on any atom is -0.309 e. The molecule has 4 aromatic rings. The maximum Gasteiger partial charge on any atom is 0.0547 e. The summed E-state index contributed by atoms with van der Waals surface area (Å²) in [7, 11) is 0. The lowest BCUT2D eigenvalue weighted by Crippen LogP contribution is -2.31. The summed E-state index contributed by atoms with van der Waals surface area (Å²) in [5, 5.41) is 2.54. The van der Waals surface area contributed by atoms with Crippen LogP contribution in [0, 0.1) is 5.92 Å². The number of hydrogen-bond donors (Lipinski definition) is 0. The van der Waals surface area contributed by atoms with E-state index in [4.69, 9.17) is 0 Å². The van der Waals surface area contributed by atoms with Crippen LogP contribution in [0.25, 0.3) is 33.1 Å². The molecule has 0 saturated heterocycles. The molecule has 3 aromatic carbocycles. The molecule has 1 heterocycles. The summed E-state index contributed by atoms with van der Waals surface area (Å²) in [6.07, 6.45) is 26.9. The van der Waals surface area contributed by atoms with Gasteiger partial charge in [-0.1, -0.05) is 123 Å². The Bertz CT molecular complexity index is 1730. The first-order valence-electron chi connectivity index (χ1n) is 14.1. The predicted molar refractivity (Wildman–Crippen MR) is 170 cm³/mol. The van der Waals surface area contributed by atoms with E-state index in [1.165, 1.54) is 44.1 Å². The first-order chi connectivity index (χ1) is 19.2. The Hall–Kier alpha value is -4.36. The van der Waals surface area contributed by atoms with Crippen LogP contribution in [0.15, 0.2) is 140 Å². The minimum atomic E-state index is -0.281. The number of para-hydroxylation sites is 1. The topological polar surface area (TPSA) is 4.93 Å². The third kappa shape index (κ3) is 4.01. The van der Waals surface area contributed by atoms with Gasteiger partial charge in [0.2, 0.25) is 0 Å². The predicted octanol–water partition coefficient (Wildman–Crippen LogP) is 10.2. The Labute approximate surface area is 232 Å². The highest BCUT2D eigenvalue weighted by Gasteiger charge is 2.44. The van der Waals surface area contributed by atoms with E-state index in [9.17, 15) is 0 Å². The molecule has 2 aliphatic carbocycles. The number of unbranched alkanes of at least 4 members (excludes halogenated alkanes) is 1. The highest BCUT2D eigenvalue weighted by atomic mass is 15.0. The van der Waals surface area contributed by atoms with Crippen molar-refractivity contribution in [1.82, 2.24) is 4.57 Å². The molecule has 1 nitrogen and oxygen atoms in total. The molecule has 0 fully saturated rings. The molecule has 0 saturated carbocycles. The van der Waals surface area contributed by atoms with Crippen molar-refractivity contribution in [3.63, 3.8) is 0 Å². The number of benzene rings is 3. The van der Waals surface area contributed by atoms with Gasteiger partial charge in [-0.3, -0.25) is 0 Å². The molecule has 6 rings (SSSR count). The van der Waals surface area contributed by atoms with Crippen molar-refractivity contribution in [2.45, 2.75) is 32.1 Å². The second-order valence-electron chi connectivity index (χ2n) is 10.4. The van der Waals surface area contributed by atoms with Crippen LogP contribution in [-0.2, 0) is 5.41 Å². The zero-order valence-electron chi connectivity index (χ0n) is 22.8. The summed E-state index contributed by atoms with van der Waals surface area (Å²) >= 11 is 0. The van der Waals surface area contributed by atoms with E-state index in [0.29, 0.717) is 0 Å². The van der Waals surface area contributed by atoms with Gasteiger partial charge in [-0.2, -0.15) is 0 Å². The van der Waals surface area contributed by atoms with E-state index in [-0.39, 0.29) is 11.3 Å². The monoisotopic (exact) mass is 505 g/mol. The van der Waals surface area contributed by atoms with Gasteiger partial charge in [0.25, 0.3) is 0 Å². The maximum absolute atomic E-state index is 4.17. The fraction of sp³-hybridized carbons (Fsp3) is 0.158. The number of fused-ring (bicyclic) bond motifs is 7. The summed E-state index contributed by atoms with van der Waals surface area (Å²) in [5.74, 6) is 0.205. The second-order valence-corrected chi connectivity index (χ2v) is 10.4. The van der Waals surface area contributed by atoms with Crippen LogP contribution in [0.2, 0.25) is 0 Å². The van der Waals surface area contributed by atoms with E-state index in [1.54, 1.807) is 0 Å². The van der Waals surface area contributed by atoms with Gasteiger partial charge in [0.15, 0.2) is 0 Å². The van der Waals surface area contributed by atoms with E-state index >= 15 is 0 Å². The molecular formula is C38H35N. The van der Waals surface area contributed by atoms with E-state index in [1.807, 2.05) is 13.0 Å². The van der Waals surface area contributed by atoms with Gasteiger partial charge in [-0.15, -0.1) is 0 Å². The highest BCUT2D eigenvalue weighted by Crippen LogP contribution is 2.53. The molecule has 0 aliphatic heterocycles. The Morgan fingerprint density at radius 2 is 1.79 bits per heavy atom. The largest absolute Gasteiger partial charge is 0.309 e. The zero-order chi connectivity index (χ0) is 26.8. The van der Waals surface area contributed by atoms with Crippen molar-refractivity contribution < 1.29 is 0 Å². The second kappa shape index (κ2) is 10.4. The van der Waals surface area contributed by atoms with Gasteiger partial charge in [0.05, 0.1) is 11.0 Å². The molecule has 0 spiro atoms. The Morgan fingerprint density at radius 3 is 2.59 bits per heavy atom. The lowest BCUT2D eigenvalue weighted by molar-refractivity contribution is 0.551. The fourth-order valence-corrected chi connectivity index (χ4v) is 6.38. The number of allylic oxidation sites excluding steroid dienone is 13. The minimum absolute atomic E-state index is 0.205. The summed E-state index contributed by atoms with van der Waals surface area (Å²) in [6, 6.07) is 24.7. The molecule has 0 N–H and O–H groups in total. The van der Waals surface area contributed by atoms with Crippen molar-refractivity contribution >= 4 is 33.1 Å². The van der Waals surface area contributed by atoms with Crippen molar-refractivity contribution in [1.29, 1.82) is 0 Å². The van der Waals surface area contributed by atoms with Crippen LogP contribution >= 0.6 is 0 Å². The van der Waals surface area contributed by atoms with Crippen molar-refractivity contribution in [2.24, 2.45) is 5.92 Å². The quantitative estimate of drug-likeness (QED) is 0.174. The molecule has 192 valence electrons. The smallest absolute Gasteiger partial charge is 0.0547 e. The van der Waals surface area contributed by atoms with Gasteiger partial charge in [0, 0.05) is 27.8 Å². The fourth-order valence-electron chi connectivity index (χ4n) is 6.38. The van der Waals surface area contributed by atoms with Crippen molar-refractivity contribution in [2.75, 3.05) is 0 Å². The molecule has 39 heavy (non-hydrogen) atoms. The number of hydrogen-bond acceptors (Lipinski definition) is 0. The summed E-state index contributed by atoms with van der Waals surface area (Å²) < 4.78 is 2.36. The van der Waals surface area contributed by atoms with Gasteiger partial charge in [-0.25, -0.2) is 0 Å². The molecule has 1 heteroatoms. The molecule has 0 radical (unpaired) electrons. The zero-order valence-corrected chi connectivity index (χ0v) is 22.8. The van der Waals surface area contributed by atoms with Gasteiger partial charge in [-0.05, 0) is 66.0 Å². The average molecular weight is 506 g/mol. The maximum atomic E-state index is 4.17. The normalized spacial score (nSPS) is 22.3. The summed E-state index contributed by atoms with van der Waals surface area (Å²) in [5.41, 5.74) is 8.48. The Balaban J connectivity index is 1.72. The Morgan fingerprint density at radius 1 is 0.974 bits per heavy atom. The van der Waals surface area contributed by atoms with Crippen LogP contribution in [0.3, 0.4) is 0 Å². The van der Waals surface area contributed by atoms with Crippen LogP contribution in [0.1, 0.15) is 43.4 Å². The van der Waals surface area contributed by atoms with Crippen LogP contribution in [0.4, 0.5) is 0 Å². The lowest BCUT2D eigenvalue weighted by Gasteiger charge is -2.35. The lowest BCUT2D eigenvalue weighted by atomic mass is 9.66. The Kier molecular flexibility index (Phi) is 6.67. The molecule has 2 unspecified atom stereocenters. The van der Waals surface area contributed by atoms with Gasteiger partial charge < -0.3 is 4.57 Å². The third-order valence-electron chi connectivity index (χ3n) is 8.16. The average Bonchev–Trinajstić information content (AvgIpc) is 3.48. The van der Waals surface area contributed by atoms with E-state index < -0.39 is 0 Å². The molecule has 2 atom stereocenters. The van der Waals surface area contributed by atoms with Gasteiger partial charge in [0.1, 0.15) is 0 Å². The standard InChI is InChI=1S/C38H35N/c1-4-7-10-18-29-21-14-13-17-28-27-38(29,30-19-11-9-12-20-30)35-25-34-32-23-15-16-24-36(32)39(37(34)26-33(28)35)31(6-3)22-8-5-2/h5-6,8-27,29H,3-4,7H2,1-2H3/b8-5?,17-13-,18-10-,21-14-,31-22+. The van der Waals surface area contributed by atoms with Crippen molar-refractivity contribution in [3.8, 4) is 0 Å². The third-order valence-corrected chi connectivity index (χ3v) is 8.16. The number of aromatic nitrogens is 1. The molecule has 1 aromatic heterocycles.